The van der Waals surface area contributed by atoms with E-state index >= 15 is 0 Å². The lowest BCUT2D eigenvalue weighted by Crippen LogP contribution is -2.24. The van der Waals surface area contributed by atoms with E-state index in [9.17, 15) is 9.59 Å². The number of hydrogen-bond donors (Lipinski definition) is 0. The summed E-state index contributed by atoms with van der Waals surface area (Å²) >= 11 is 1.52. The Morgan fingerprint density at radius 1 is 1.35 bits per heavy atom. The first kappa shape index (κ1) is 15.5. The summed E-state index contributed by atoms with van der Waals surface area (Å²) in [4.78, 5) is 30.6. The van der Waals surface area contributed by atoms with Gasteiger partial charge in [-0.05, 0) is 38.5 Å². The molecule has 0 amide bonds. The predicted octanol–water partition coefficient (Wildman–Crippen LogP) is 2.81. The maximum Gasteiger partial charge on any atom is 0.373 e. The minimum Gasteiger partial charge on any atom is -0.463 e. The van der Waals surface area contributed by atoms with Gasteiger partial charge in [0, 0.05) is 4.88 Å². The third kappa shape index (κ3) is 2.57. The highest BCUT2D eigenvalue weighted by atomic mass is 32.1. The Hall–Kier alpha value is -2.41. The first-order valence-electron chi connectivity index (χ1n) is 7.06. The zero-order valence-corrected chi connectivity index (χ0v) is 14.1. The third-order valence-corrected chi connectivity index (χ3v) is 4.94. The fourth-order valence-corrected chi connectivity index (χ4v) is 3.51. The van der Waals surface area contributed by atoms with E-state index in [1.54, 1.807) is 17.6 Å². The van der Waals surface area contributed by atoms with Gasteiger partial charge in [-0.2, -0.15) is 0 Å². The van der Waals surface area contributed by atoms with Gasteiger partial charge in [-0.1, -0.05) is 0 Å². The van der Waals surface area contributed by atoms with Crippen molar-refractivity contribution in [3.8, 4) is 0 Å². The highest BCUT2D eigenvalue weighted by Gasteiger charge is 2.17. The minimum atomic E-state index is -0.543. The van der Waals surface area contributed by atoms with E-state index < -0.39 is 5.97 Å². The lowest BCUT2D eigenvalue weighted by molar-refractivity contribution is 0.0563. The normalized spacial score (nSPS) is 11.1. The van der Waals surface area contributed by atoms with E-state index in [0.717, 1.165) is 15.3 Å². The van der Waals surface area contributed by atoms with Crippen molar-refractivity contribution in [2.75, 3.05) is 7.11 Å². The molecule has 0 aliphatic carbocycles. The van der Waals surface area contributed by atoms with Crippen LogP contribution in [0, 0.1) is 20.8 Å². The average molecular weight is 332 g/mol. The second-order valence-corrected chi connectivity index (χ2v) is 6.47. The van der Waals surface area contributed by atoms with Gasteiger partial charge >= 0.3 is 5.97 Å². The van der Waals surface area contributed by atoms with E-state index in [1.807, 2.05) is 13.8 Å². The van der Waals surface area contributed by atoms with Crippen molar-refractivity contribution in [2.45, 2.75) is 27.3 Å². The fraction of sp³-hybridized carbons (Fsp3) is 0.312. The van der Waals surface area contributed by atoms with Crippen LogP contribution in [0.1, 0.15) is 32.6 Å². The molecule has 0 fully saturated rings. The van der Waals surface area contributed by atoms with Gasteiger partial charge in [0.25, 0.3) is 5.56 Å². The minimum absolute atomic E-state index is 0.0923. The van der Waals surface area contributed by atoms with Crippen molar-refractivity contribution >= 4 is 27.5 Å². The van der Waals surface area contributed by atoms with Crippen LogP contribution in [-0.2, 0) is 11.3 Å². The molecule has 0 bridgehead atoms. The molecule has 0 radical (unpaired) electrons. The number of aromatic nitrogens is 2. The van der Waals surface area contributed by atoms with E-state index in [0.29, 0.717) is 17.0 Å². The molecule has 0 spiro atoms. The first-order chi connectivity index (χ1) is 10.9. The molecule has 0 aliphatic heterocycles. The number of ether oxygens (including phenoxy) is 1. The van der Waals surface area contributed by atoms with Crippen LogP contribution in [0.2, 0.25) is 0 Å². The number of hydrogen-bond acceptors (Lipinski definition) is 6. The van der Waals surface area contributed by atoms with Gasteiger partial charge < -0.3 is 9.15 Å². The summed E-state index contributed by atoms with van der Waals surface area (Å²) < 4.78 is 11.6. The van der Waals surface area contributed by atoms with Gasteiger partial charge in [-0.3, -0.25) is 9.36 Å². The van der Waals surface area contributed by atoms with Crippen molar-refractivity contribution in [2.24, 2.45) is 0 Å². The van der Waals surface area contributed by atoms with Crippen molar-refractivity contribution < 1.29 is 13.9 Å². The van der Waals surface area contributed by atoms with Gasteiger partial charge in [0.2, 0.25) is 5.76 Å². The SMILES string of the molecule is COC(=O)c1ccc(Cn2c(C)nc3sc(C)c(C)c3c2=O)o1. The number of carbonyl (C=O) groups excluding carboxylic acids is 1. The van der Waals surface area contributed by atoms with Crippen molar-refractivity contribution in [1.29, 1.82) is 0 Å². The Balaban J connectivity index is 2.06. The molecule has 23 heavy (non-hydrogen) atoms. The van der Waals surface area contributed by atoms with Gasteiger partial charge in [0.05, 0.1) is 19.0 Å². The molecule has 7 heteroatoms. The number of rotatable bonds is 3. The molecule has 120 valence electrons. The summed E-state index contributed by atoms with van der Waals surface area (Å²) in [5.41, 5.74) is 0.872. The van der Waals surface area contributed by atoms with Crippen LogP contribution in [0.5, 0.6) is 0 Å². The number of esters is 1. The zero-order valence-electron chi connectivity index (χ0n) is 13.3. The number of nitrogens with zero attached hydrogens (tertiary/aromatic N) is 2. The summed E-state index contributed by atoms with van der Waals surface area (Å²) in [6, 6.07) is 3.20. The molecule has 0 aliphatic rings. The number of fused-ring (bicyclic) bond motifs is 1. The molecule has 3 rings (SSSR count). The van der Waals surface area contributed by atoms with E-state index in [4.69, 9.17) is 4.42 Å². The summed E-state index contributed by atoms with van der Waals surface area (Å²) in [5.74, 6) is 0.684. The molecule has 6 nitrogen and oxygen atoms in total. The highest BCUT2D eigenvalue weighted by molar-refractivity contribution is 7.18. The Morgan fingerprint density at radius 2 is 2.09 bits per heavy atom. The third-order valence-electron chi connectivity index (χ3n) is 3.84. The van der Waals surface area contributed by atoms with E-state index in [2.05, 4.69) is 9.72 Å². The second-order valence-electron chi connectivity index (χ2n) is 5.27. The zero-order chi connectivity index (χ0) is 16.7. The quantitative estimate of drug-likeness (QED) is 0.690. The Labute approximate surface area is 136 Å². The standard InChI is InChI=1S/C16H16N2O4S/c1-8-9(2)23-14-13(8)15(19)18(10(3)17-14)7-11-5-6-12(22-11)16(20)21-4/h5-6H,7H2,1-4H3. The van der Waals surface area contributed by atoms with Gasteiger partial charge in [-0.25, -0.2) is 9.78 Å². The lowest BCUT2D eigenvalue weighted by atomic mass is 10.2. The van der Waals surface area contributed by atoms with E-state index in [1.165, 1.54) is 24.5 Å². The largest absolute Gasteiger partial charge is 0.463 e. The van der Waals surface area contributed by atoms with Crippen molar-refractivity contribution in [3.63, 3.8) is 0 Å². The maximum atomic E-state index is 12.8. The van der Waals surface area contributed by atoms with Crippen LogP contribution in [-0.4, -0.2) is 22.6 Å². The number of methoxy groups -OCH3 is 1. The first-order valence-corrected chi connectivity index (χ1v) is 7.88. The van der Waals surface area contributed by atoms with Crippen LogP contribution >= 0.6 is 11.3 Å². The average Bonchev–Trinajstić information content (AvgIpc) is 3.08. The molecule has 0 unspecified atom stereocenters. The number of aryl methyl sites for hydroxylation is 3. The number of carbonyl (C=O) groups is 1. The van der Waals surface area contributed by atoms with Gasteiger partial charge in [0.1, 0.15) is 16.4 Å². The van der Waals surface area contributed by atoms with Crippen LogP contribution in [0.3, 0.4) is 0 Å². The van der Waals surface area contributed by atoms with E-state index in [-0.39, 0.29) is 17.9 Å². The molecule has 0 N–H and O–H groups in total. The maximum absolute atomic E-state index is 12.8. The Bertz CT molecular complexity index is 965. The number of thiophene rings is 1. The van der Waals surface area contributed by atoms with Crippen LogP contribution in [0.4, 0.5) is 0 Å². The Kier molecular flexibility index (Phi) is 3.81. The van der Waals surface area contributed by atoms with Crippen molar-refractivity contribution in [1.82, 2.24) is 9.55 Å². The molecule has 3 aromatic heterocycles. The molecular weight excluding hydrogens is 316 g/mol. The molecule has 0 aromatic carbocycles. The Morgan fingerprint density at radius 3 is 2.78 bits per heavy atom. The highest BCUT2D eigenvalue weighted by Crippen LogP contribution is 2.26. The molecule has 0 atom stereocenters. The van der Waals surface area contributed by atoms with Crippen molar-refractivity contribution in [3.05, 3.63) is 50.3 Å². The molecule has 0 saturated carbocycles. The van der Waals surface area contributed by atoms with Crippen LogP contribution in [0.25, 0.3) is 10.2 Å². The predicted molar refractivity (Wildman–Crippen MR) is 87.2 cm³/mol. The molecule has 3 heterocycles. The summed E-state index contributed by atoms with van der Waals surface area (Å²) in [7, 11) is 1.29. The lowest BCUT2D eigenvalue weighted by Gasteiger charge is -2.08. The molecular formula is C16H16N2O4S. The van der Waals surface area contributed by atoms with Gasteiger partial charge in [-0.15, -0.1) is 11.3 Å². The summed E-state index contributed by atoms with van der Waals surface area (Å²) in [6.45, 7) is 5.92. The van der Waals surface area contributed by atoms with Crippen LogP contribution < -0.4 is 5.56 Å². The second kappa shape index (κ2) is 5.66. The smallest absolute Gasteiger partial charge is 0.373 e. The topological polar surface area (TPSA) is 74.3 Å². The summed E-state index contributed by atoms with van der Waals surface area (Å²) in [6.07, 6.45) is 0. The molecule has 0 saturated heterocycles. The van der Waals surface area contributed by atoms with Gasteiger partial charge in [0.15, 0.2) is 0 Å². The summed E-state index contributed by atoms with van der Waals surface area (Å²) in [5, 5.41) is 0.651. The fourth-order valence-electron chi connectivity index (χ4n) is 2.44. The van der Waals surface area contributed by atoms with Crippen LogP contribution in [0.15, 0.2) is 21.3 Å². The number of furan rings is 1. The molecule has 3 aromatic rings. The monoisotopic (exact) mass is 332 g/mol.